The van der Waals surface area contributed by atoms with Crippen LogP contribution in [0.5, 0.6) is 0 Å². The molecule has 1 unspecified atom stereocenters. The Morgan fingerprint density at radius 3 is 2.48 bits per heavy atom. The van der Waals surface area contributed by atoms with Gasteiger partial charge in [-0.25, -0.2) is 14.4 Å². The van der Waals surface area contributed by atoms with Crippen molar-refractivity contribution in [3.05, 3.63) is 53.7 Å². The Hall–Kier alpha value is -2.48. The lowest BCUT2D eigenvalue weighted by Crippen LogP contribution is -2.26. The van der Waals surface area contributed by atoms with E-state index in [1.807, 2.05) is 25.2 Å². The van der Waals surface area contributed by atoms with Gasteiger partial charge in [0.2, 0.25) is 0 Å². The number of rotatable bonds is 4. The van der Waals surface area contributed by atoms with Gasteiger partial charge in [-0.1, -0.05) is 12.1 Å². The highest BCUT2D eigenvalue weighted by molar-refractivity contribution is 5.41. The Balaban J connectivity index is 1.89. The fourth-order valence-electron chi connectivity index (χ4n) is 2.59. The Morgan fingerprint density at radius 1 is 1.24 bits per heavy atom. The van der Waals surface area contributed by atoms with Crippen LogP contribution in [-0.4, -0.2) is 17.0 Å². The van der Waals surface area contributed by atoms with Crippen LogP contribution < -0.4 is 4.90 Å². The summed E-state index contributed by atoms with van der Waals surface area (Å²) in [6.45, 7) is 0. The second-order valence-corrected chi connectivity index (χ2v) is 5.32. The van der Waals surface area contributed by atoms with Crippen LogP contribution in [0.2, 0.25) is 0 Å². The number of anilines is 1. The molecule has 1 atom stereocenters. The second-order valence-electron chi connectivity index (χ2n) is 5.32. The SMILES string of the molecule is CN(c1cnc(C#N)cn1)C(c1ccc(F)cc1)C1CC1. The van der Waals surface area contributed by atoms with E-state index >= 15 is 0 Å². The molecule has 1 heterocycles. The van der Waals surface area contributed by atoms with Crippen LogP contribution >= 0.6 is 0 Å². The van der Waals surface area contributed by atoms with Crippen molar-refractivity contribution in [1.29, 1.82) is 5.26 Å². The van der Waals surface area contributed by atoms with Gasteiger partial charge >= 0.3 is 0 Å². The van der Waals surface area contributed by atoms with E-state index in [0.717, 1.165) is 24.2 Å². The van der Waals surface area contributed by atoms with Crippen molar-refractivity contribution in [3.63, 3.8) is 0 Å². The summed E-state index contributed by atoms with van der Waals surface area (Å²) in [5.41, 5.74) is 1.38. The minimum Gasteiger partial charge on any atom is -0.351 e. The van der Waals surface area contributed by atoms with Crippen LogP contribution in [0.3, 0.4) is 0 Å². The first-order chi connectivity index (χ1) is 10.2. The van der Waals surface area contributed by atoms with Crippen molar-refractivity contribution < 1.29 is 4.39 Å². The largest absolute Gasteiger partial charge is 0.351 e. The smallest absolute Gasteiger partial charge is 0.158 e. The van der Waals surface area contributed by atoms with Gasteiger partial charge in [0.05, 0.1) is 18.4 Å². The summed E-state index contributed by atoms with van der Waals surface area (Å²) in [5.74, 6) is 1.04. The van der Waals surface area contributed by atoms with Crippen molar-refractivity contribution in [3.8, 4) is 6.07 Å². The van der Waals surface area contributed by atoms with Gasteiger partial charge in [0, 0.05) is 7.05 Å². The molecule has 1 aliphatic carbocycles. The molecule has 0 aliphatic heterocycles. The maximum Gasteiger partial charge on any atom is 0.158 e. The van der Waals surface area contributed by atoms with Crippen molar-refractivity contribution in [2.45, 2.75) is 18.9 Å². The van der Waals surface area contributed by atoms with Gasteiger partial charge in [-0.15, -0.1) is 0 Å². The van der Waals surface area contributed by atoms with Crippen LogP contribution in [0.25, 0.3) is 0 Å². The van der Waals surface area contributed by atoms with E-state index in [4.69, 9.17) is 5.26 Å². The topological polar surface area (TPSA) is 52.8 Å². The average molecular weight is 282 g/mol. The highest BCUT2D eigenvalue weighted by atomic mass is 19.1. The van der Waals surface area contributed by atoms with E-state index in [1.165, 1.54) is 18.3 Å². The van der Waals surface area contributed by atoms with E-state index in [0.29, 0.717) is 11.6 Å². The minimum absolute atomic E-state index is 0.160. The van der Waals surface area contributed by atoms with Crippen LogP contribution in [0, 0.1) is 23.1 Å². The van der Waals surface area contributed by atoms with Gasteiger partial charge in [-0.2, -0.15) is 5.26 Å². The maximum absolute atomic E-state index is 13.1. The van der Waals surface area contributed by atoms with E-state index in [2.05, 4.69) is 14.9 Å². The number of hydrogen-bond donors (Lipinski definition) is 0. The average Bonchev–Trinajstić information content (AvgIpc) is 3.34. The first-order valence-corrected chi connectivity index (χ1v) is 6.89. The number of halogens is 1. The summed E-state index contributed by atoms with van der Waals surface area (Å²) in [5, 5.41) is 8.78. The molecule has 1 aliphatic rings. The molecule has 106 valence electrons. The van der Waals surface area contributed by atoms with Crippen molar-refractivity contribution in [2.75, 3.05) is 11.9 Å². The van der Waals surface area contributed by atoms with Crippen LogP contribution in [0.15, 0.2) is 36.7 Å². The summed E-state index contributed by atoms with van der Waals surface area (Å²) < 4.78 is 13.1. The van der Waals surface area contributed by atoms with Crippen LogP contribution in [0.4, 0.5) is 10.2 Å². The predicted molar refractivity (Wildman–Crippen MR) is 77.0 cm³/mol. The third-order valence-corrected chi connectivity index (χ3v) is 3.81. The molecule has 4 nitrogen and oxygen atoms in total. The summed E-state index contributed by atoms with van der Waals surface area (Å²) in [7, 11) is 1.96. The lowest BCUT2D eigenvalue weighted by Gasteiger charge is -2.29. The lowest BCUT2D eigenvalue weighted by atomic mass is 10.0. The molecule has 0 spiro atoms. The van der Waals surface area contributed by atoms with Crippen molar-refractivity contribution in [2.24, 2.45) is 5.92 Å². The van der Waals surface area contributed by atoms with Gasteiger partial charge < -0.3 is 4.90 Å². The standard InChI is InChI=1S/C16H15FN4/c1-21(15-10-19-14(8-18)9-20-15)16(11-2-3-11)12-4-6-13(17)7-5-12/h4-7,9-11,16H,2-3H2,1H3. The molecule has 0 bridgehead atoms. The molecule has 0 N–H and O–H groups in total. The zero-order chi connectivity index (χ0) is 14.8. The van der Waals surface area contributed by atoms with Gasteiger partial charge in [-0.05, 0) is 36.5 Å². The first-order valence-electron chi connectivity index (χ1n) is 6.89. The number of nitriles is 1. The molecule has 3 rings (SSSR count). The van der Waals surface area contributed by atoms with Gasteiger partial charge in [0.25, 0.3) is 0 Å². The molecule has 5 heteroatoms. The van der Waals surface area contributed by atoms with Gasteiger partial charge in [-0.3, -0.25) is 0 Å². The third-order valence-electron chi connectivity index (χ3n) is 3.81. The molecule has 0 radical (unpaired) electrons. The number of aromatic nitrogens is 2. The molecule has 0 saturated heterocycles. The molecule has 0 amide bonds. The normalized spacial score (nSPS) is 15.3. The lowest BCUT2D eigenvalue weighted by molar-refractivity contribution is 0.582. The first kappa shape index (κ1) is 13.5. The molecular formula is C16H15FN4. The molecule has 2 aromatic rings. The van der Waals surface area contributed by atoms with E-state index in [9.17, 15) is 4.39 Å². The Morgan fingerprint density at radius 2 is 1.95 bits per heavy atom. The zero-order valence-corrected chi connectivity index (χ0v) is 11.7. The van der Waals surface area contributed by atoms with E-state index < -0.39 is 0 Å². The third kappa shape index (κ3) is 2.84. The van der Waals surface area contributed by atoms with Gasteiger partial charge in [0.15, 0.2) is 5.69 Å². The molecule has 21 heavy (non-hydrogen) atoms. The number of benzene rings is 1. The second kappa shape index (κ2) is 5.49. The summed E-state index contributed by atoms with van der Waals surface area (Å²) in [4.78, 5) is 10.4. The summed E-state index contributed by atoms with van der Waals surface area (Å²) in [6.07, 6.45) is 5.41. The Kier molecular flexibility index (Phi) is 3.53. The number of hydrogen-bond acceptors (Lipinski definition) is 4. The highest BCUT2D eigenvalue weighted by Gasteiger charge is 2.35. The number of nitrogens with zero attached hydrogens (tertiary/aromatic N) is 4. The zero-order valence-electron chi connectivity index (χ0n) is 11.7. The van der Waals surface area contributed by atoms with E-state index in [1.54, 1.807) is 6.20 Å². The summed E-state index contributed by atoms with van der Waals surface area (Å²) >= 11 is 0. The quantitative estimate of drug-likeness (QED) is 0.864. The maximum atomic E-state index is 13.1. The fraction of sp³-hybridized carbons (Fsp3) is 0.312. The Labute approximate surface area is 122 Å². The highest BCUT2D eigenvalue weighted by Crippen LogP contribution is 2.45. The molecular weight excluding hydrogens is 267 g/mol. The van der Waals surface area contributed by atoms with Crippen molar-refractivity contribution in [1.82, 2.24) is 9.97 Å². The molecule has 1 saturated carbocycles. The van der Waals surface area contributed by atoms with Crippen molar-refractivity contribution >= 4 is 5.82 Å². The molecule has 1 aromatic carbocycles. The minimum atomic E-state index is -0.228. The predicted octanol–water partition coefficient (Wildman–Crippen LogP) is 3.07. The summed E-state index contributed by atoms with van der Waals surface area (Å²) in [6, 6.07) is 8.75. The Bertz CT molecular complexity index is 656. The van der Waals surface area contributed by atoms with Crippen LogP contribution in [-0.2, 0) is 0 Å². The van der Waals surface area contributed by atoms with E-state index in [-0.39, 0.29) is 11.9 Å². The van der Waals surface area contributed by atoms with Gasteiger partial charge in [0.1, 0.15) is 17.7 Å². The monoisotopic (exact) mass is 282 g/mol. The molecule has 1 aromatic heterocycles. The fourth-order valence-corrected chi connectivity index (χ4v) is 2.59. The van der Waals surface area contributed by atoms with Crippen LogP contribution in [0.1, 0.15) is 30.1 Å². The molecule has 1 fully saturated rings.